The van der Waals surface area contributed by atoms with Crippen molar-refractivity contribution in [2.75, 3.05) is 11.9 Å². The first-order valence-corrected chi connectivity index (χ1v) is 8.27. The molecule has 1 aromatic heterocycles. The van der Waals surface area contributed by atoms with E-state index in [0.717, 1.165) is 28.2 Å². The van der Waals surface area contributed by atoms with Gasteiger partial charge in [0, 0.05) is 34.3 Å². The molecule has 0 bridgehead atoms. The number of nitrogens with zero attached hydrogens (tertiary/aromatic N) is 2. The first-order valence-electron chi connectivity index (χ1n) is 7.48. The summed E-state index contributed by atoms with van der Waals surface area (Å²) in [4.78, 5) is 9.47. The fourth-order valence-electron chi connectivity index (χ4n) is 2.53. The van der Waals surface area contributed by atoms with Crippen LogP contribution in [-0.4, -0.2) is 16.5 Å². The minimum absolute atomic E-state index is 0.627. The molecule has 0 saturated heterocycles. The summed E-state index contributed by atoms with van der Waals surface area (Å²) in [5.41, 5.74) is 4.70. The Hall–Kier alpha value is -1.42. The average molecular weight is 346 g/mol. The van der Waals surface area contributed by atoms with Crippen molar-refractivity contribution in [1.82, 2.24) is 9.97 Å². The molecule has 1 fully saturated rings. The van der Waals surface area contributed by atoms with Crippen molar-refractivity contribution in [2.45, 2.75) is 39.5 Å². The van der Waals surface area contributed by atoms with Gasteiger partial charge in [0.05, 0.1) is 0 Å². The maximum Gasteiger partial charge on any atom is 0.161 e. The van der Waals surface area contributed by atoms with Crippen LogP contribution < -0.4 is 5.32 Å². The maximum atomic E-state index is 4.79. The molecule has 0 unspecified atom stereocenters. The Morgan fingerprint density at radius 2 is 1.81 bits per heavy atom. The first kappa shape index (κ1) is 14.5. The average Bonchev–Trinajstić information content (AvgIpc) is 3.29. The molecule has 1 aliphatic carbocycles. The van der Waals surface area contributed by atoms with Gasteiger partial charge >= 0.3 is 0 Å². The van der Waals surface area contributed by atoms with Crippen LogP contribution in [0.1, 0.15) is 42.5 Å². The molecule has 1 N–H and O–H groups in total. The van der Waals surface area contributed by atoms with Gasteiger partial charge in [0.15, 0.2) is 5.82 Å². The van der Waals surface area contributed by atoms with Gasteiger partial charge < -0.3 is 5.32 Å². The molecule has 21 heavy (non-hydrogen) atoms. The lowest BCUT2D eigenvalue weighted by Crippen LogP contribution is -2.04. The van der Waals surface area contributed by atoms with Crippen molar-refractivity contribution < 1.29 is 0 Å². The largest absolute Gasteiger partial charge is 0.370 e. The van der Waals surface area contributed by atoms with Crippen LogP contribution in [0.2, 0.25) is 0 Å². The van der Waals surface area contributed by atoms with E-state index in [1.54, 1.807) is 0 Å². The minimum Gasteiger partial charge on any atom is -0.370 e. The Kier molecular flexibility index (Phi) is 3.98. The third-order valence-corrected chi connectivity index (χ3v) is 5.04. The Labute approximate surface area is 134 Å². The van der Waals surface area contributed by atoms with Crippen molar-refractivity contribution in [2.24, 2.45) is 0 Å². The first-order chi connectivity index (χ1) is 10.1. The molecule has 2 aromatic rings. The van der Waals surface area contributed by atoms with E-state index in [1.807, 2.05) is 0 Å². The zero-order valence-electron chi connectivity index (χ0n) is 12.7. The molecule has 1 heterocycles. The molecule has 1 aromatic carbocycles. The van der Waals surface area contributed by atoms with E-state index in [1.165, 1.54) is 29.7 Å². The molecule has 0 aliphatic heterocycles. The van der Waals surface area contributed by atoms with Gasteiger partial charge in [0.2, 0.25) is 0 Å². The molecular weight excluding hydrogens is 326 g/mol. The fraction of sp³-hybridized carbons (Fsp3) is 0.412. The molecule has 0 radical (unpaired) electrons. The molecule has 0 atom stereocenters. The molecule has 0 amide bonds. The van der Waals surface area contributed by atoms with Gasteiger partial charge in [-0.25, -0.2) is 9.97 Å². The Bertz CT molecular complexity index is 655. The van der Waals surface area contributed by atoms with E-state index in [-0.39, 0.29) is 0 Å². The number of hydrogen-bond donors (Lipinski definition) is 1. The Balaban J connectivity index is 2.08. The quantitative estimate of drug-likeness (QED) is 0.861. The van der Waals surface area contributed by atoms with E-state index >= 15 is 0 Å². The van der Waals surface area contributed by atoms with Crippen LogP contribution in [0, 0.1) is 13.8 Å². The summed E-state index contributed by atoms with van der Waals surface area (Å²) in [5, 5.41) is 3.32. The number of rotatable bonds is 4. The summed E-state index contributed by atoms with van der Waals surface area (Å²) in [6.07, 6.45) is 2.50. The second kappa shape index (κ2) is 5.76. The minimum atomic E-state index is 0.627. The number of aromatic nitrogens is 2. The molecule has 0 spiro atoms. The third kappa shape index (κ3) is 3.10. The molecule has 110 valence electrons. The van der Waals surface area contributed by atoms with Crippen LogP contribution in [0.4, 0.5) is 5.82 Å². The number of benzene rings is 1. The van der Waals surface area contributed by atoms with Crippen molar-refractivity contribution in [3.8, 4) is 11.4 Å². The highest BCUT2D eigenvalue weighted by Gasteiger charge is 2.26. The van der Waals surface area contributed by atoms with Crippen LogP contribution >= 0.6 is 15.9 Å². The van der Waals surface area contributed by atoms with Crippen molar-refractivity contribution in [3.63, 3.8) is 0 Å². The van der Waals surface area contributed by atoms with Gasteiger partial charge in [-0.05, 0) is 56.9 Å². The van der Waals surface area contributed by atoms with E-state index < -0.39 is 0 Å². The van der Waals surface area contributed by atoms with Gasteiger partial charge in [0.1, 0.15) is 5.82 Å². The highest BCUT2D eigenvalue weighted by Crippen LogP contribution is 2.40. The summed E-state index contributed by atoms with van der Waals surface area (Å²) < 4.78 is 1.16. The molecule has 4 heteroatoms. The summed E-state index contributed by atoms with van der Waals surface area (Å²) in [6, 6.07) is 6.40. The smallest absolute Gasteiger partial charge is 0.161 e. The Morgan fingerprint density at radius 3 is 2.38 bits per heavy atom. The number of hydrogen-bond acceptors (Lipinski definition) is 3. The summed E-state index contributed by atoms with van der Waals surface area (Å²) in [7, 11) is 0. The molecule has 3 nitrogen and oxygen atoms in total. The van der Waals surface area contributed by atoms with Crippen molar-refractivity contribution in [1.29, 1.82) is 0 Å². The zero-order chi connectivity index (χ0) is 15.0. The van der Waals surface area contributed by atoms with Crippen LogP contribution in [0.5, 0.6) is 0 Å². The van der Waals surface area contributed by atoms with Crippen molar-refractivity contribution in [3.05, 3.63) is 39.5 Å². The lowest BCUT2D eigenvalue weighted by atomic mass is 10.1. The van der Waals surface area contributed by atoms with Crippen molar-refractivity contribution >= 4 is 21.7 Å². The number of halogens is 1. The summed E-state index contributed by atoms with van der Waals surface area (Å²) in [5.74, 6) is 2.39. The van der Waals surface area contributed by atoms with E-state index in [0.29, 0.717) is 5.92 Å². The van der Waals surface area contributed by atoms with Crippen LogP contribution in [0.3, 0.4) is 0 Å². The number of anilines is 1. The summed E-state index contributed by atoms with van der Waals surface area (Å²) in [6.45, 7) is 7.18. The van der Waals surface area contributed by atoms with Crippen LogP contribution in [0.25, 0.3) is 11.4 Å². The lowest BCUT2D eigenvalue weighted by Gasteiger charge is -2.11. The van der Waals surface area contributed by atoms with E-state index in [4.69, 9.17) is 4.98 Å². The van der Waals surface area contributed by atoms with Crippen LogP contribution in [0.15, 0.2) is 22.7 Å². The SMILES string of the molecule is CCNc1cc(C2CC2)nc(-c2cc(C)c(Br)c(C)c2)n1. The monoisotopic (exact) mass is 345 g/mol. The highest BCUT2D eigenvalue weighted by molar-refractivity contribution is 9.10. The second-order valence-electron chi connectivity index (χ2n) is 5.73. The highest BCUT2D eigenvalue weighted by atomic mass is 79.9. The normalized spacial score (nSPS) is 14.3. The van der Waals surface area contributed by atoms with E-state index in [9.17, 15) is 0 Å². The third-order valence-electron chi connectivity index (χ3n) is 3.79. The zero-order valence-corrected chi connectivity index (χ0v) is 14.3. The van der Waals surface area contributed by atoms with Gasteiger partial charge in [-0.2, -0.15) is 0 Å². The molecule has 1 aliphatic rings. The predicted molar refractivity (Wildman–Crippen MR) is 90.8 cm³/mol. The Morgan fingerprint density at radius 1 is 1.14 bits per heavy atom. The van der Waals surface area contributed by atoms with E-state index in [2.05, 4.69) is 65.2 Å². The molecular formula is C17H20BrN3. The van der Waals surface area contributed by atoms with Gasteiger partial charge in [-0.15, -0.1) is 0 Å². The number of aryl methyl sites for hydroxylation is 2. The molecule has 1 saturated carbocycles. The van der Waals surface area contributed by atoms with Crippen LogP contribution in [-0.2, 0) is 0 Å². The number of nitrogens with one attached hydrogen (secondary N) is 1. The molecule has 3 rings (SSSR count). The second-order valence-corrected chi connectivity index (χ2v) is 6.52. The van der Waals surface area contributed by atoms with Gasteiger partial charge in [-0.3, -0.25) is 0 Å². The standard InChI is InChI=1S/C17H20BrN3/c1-4-19-15-9-14(12-5-6-12)20-17(21-15)13-7-10(2)16(18)11(3)8-13/h7-9,12H,4-6H2,1-3H3,(H,19,20,21). The maximum absolute atomic E-state index is 4.79. The van der Waals surface area contributed by atoms with Gasteiger partial charge in [-0.1, -0.05) is 15.9 Å². The predicted octanol–water partition coefficient (Wildman–Crippen LogP) is 4.83. The topological polar surface area (TPSA) is 37.8 Å². The summed E-state index contributed by atoms with van der Waals surface area (Å²) >= 11 is 3.62. The lowest BCUT2D eigenvalue weighted by molar-refractivity contribution is 0.987. The van der Waals surface area contributed by atoms with Gasteiger partial charge in [0.25, 0.3) is 0 Å². The fourth-order valence-corrected chi connectivity index (χ4v) is 2.76.